The molecule has 11 N–H and O–H groups in total. The van der Waals surface area contributed by atoms with Gasteiger partial charge in [0.15, 0.2) is 18.7 Å². The molecule has 1 aliphatic carbocycles. The molecule has 3 aliphatic rings. The highest BCUT2D eigenvalue weighted by molar-refractivity contribution is 7.47. The van der Waals surface area contributed by atoms with Crippen LogP contribution in [0.1, 0.15) is 310 Å². The molecule has 18 unspecified atom stereocenters. The molecule has 3 fully saturated rings. The predicted octanol–water partition coefficient (Wildman–Crippen LogP) is 11.7. The molecule has 101 heavy (non-hydrogen) atoms. The van der Waals surface area contributed by atoms with Crippen LogP contribution in [0.5, 0.6) is 0 Å². The lowest BCUT2D eigenvalue weighted by Gasteiger charge is -2.49. The third-order valence-electron chi connectivity index (χ3n) is 19.6. The molecule has 2 heterocycles. The Morgan fingerprint density at radius 3 is 1.17 bits per heavy atom. The SMILES string of the molecule is CCCCCCCCCCCCC/C=C/C=C/C(=O)OCC1OC(OC2C(O)C(O)C(O)C(OC3OC(CO)C(O)C(O)C3O)C2OP(=O)(O)OCC(COC(=O)CCCCCCCCCCCCCCCCC)OC(=O)CCCCCCCCCCCCCCCCCC)C(O)C(O)C1O. The number of carbonyl (C=O) groups excluding carboxylic acids is 3. The molecule has 0 radical (unpaired) electrons. The zero-order valence-corrected chi connectivity index (χ0v) is 62.8. The number of unbranched alkanes of at least 4 members (excludes halogenated alkanes) is 40. The van der Waals surface area contributed by atoms with Crippen LogP contribution in [0.15, 0.2) is 24.3 Å². The second kappa shape index (κ2) is 57.6. The number of hydrogen-bond donors (Lipinski definition) is 11. The number of carbonyl (C=O) groups is 3. The van der Waals surface area contributed by atoms with E-state index >= 15 is 0 Å². The van der Waals surface area contributed by atoms with Gasteiger partial charge in [-0.15, -0.1) is 0 Å². The average Bonchev–Trinajstić information content (AvgIpc) is 0.765. The van der Waals surface area contributed by atoms with Gasteiger partial charge in [0.1, 0.15) is 98.7 Å². The number of hydrogen-bond acceptors (Lipinski definition) is 23. The van der Waals surface area contributed by atoms with Gasteiger partial charge in [-0.2, -0.15) is 0 Å². The fourth-order valence-electron chi connectivity index (χ4n) is 13.1. The maximum absolute atomic E-state index is 14.4. The molecule has 592 valence electrons. The van der Waals surface area contributed by atoms with Crippen molar-refractivity contribution in [3.05, 3.63) is 24.3 Å². The van der Waals surface area contributed by atoms with Crippen molar-refractivity contribution in [2.24, 2.45) is 0 Å². The van der Waals surface area contributed by atoms with Crippen LogP contribution in [0.2, 0.25) is 0 Å². The fourth-order valence-corrected chi connectivity index (χ4v) is 14.1. The van der Waals surface area contributed by atoms with Crippen LogP contribution in [0.3, 0.4) is 0 Å². The Morgan fingerprint density at radius 2 is 0.762 bits per heavy atom. The minimum Gasteiger partial charge on any atom is -0.462 e. The third kappa shape index (κ3) is 40.3. The van der Waals surface area contributed by atoms with Gasteiger partial charge in [0.25, 0.3) is 0 Å². The molecule has 0 amide bonds. The third-order valence-corrected chi connectivity index (χ3v) is 20.6. The van der Waals surface area contributed by atoms with E-state index in [1.807, 2.05) is 6.08 Å². The number of allylic oxidation sites excluding steroid dienone is 3. The first-order valence-corrected chi connectivity index (χ1v) is 41.2. The highest BCUT2D eigenvalue weighted by Crippen LogP contribution is 2.49. The Morgan fingerprint density at radius 1 is 0.406 bits per heavy atom. The summed E-state index contributed by atoms with van der Waals surface area (Å²) < 4.78 is 65.0. The number of esters is 3. The van der Waals surface area contributed by atoms with Crippen LogP contribution in [-0.4, -0.2) is 204 Å². The monoisotopic (exact) mass is 1470 g/mol. The predicted molar refractivity (Wildman–Crippen MR) is 384 cm³/mol. The molecule has 0 aromatic heterocycles. The molecule has 25 heteroatoms. The standard InChI is InChI=1S/C76H139O24P/c1-4-7-10-13-16-19-22-25-28-31-34-37-40-43-46-49-52-62(80)95-57(54-92-60(78)50-47-44-41-38-35-32-29-26-23-20-17-14-11-8-5-2)55-94-101(90,91)100-74-72(98-75-70(88)65(83)63(81)58(53-77)96-75)68(86)67(85)69(87)73(74)99-76-71(89)66(84)64(82)59(97-76)56-93-61(79)51-48-45-42-39-36-33-30-27-24-21-18-15-12-9-6-3/h42,45,48,51,57-59,63-77,81-89H,4-41,43-44,46-47,49-50,52-56H2,1-3H3,(H,90,91)/b45-42+,51-48+. The van der Waals surface area contributed by atoms with Gasteiger partial charge in [-0.3, -0.25) is 18.6 Å². The summed E-state index contributed by atoms with van der Waals surface area (Å²) in [6.45, 7) is 3.40. The highest BCUT2D eigenvalue weighted by atomic mass is 31.2. The maximum Gasteiger partial charge on any atom is 0.472 e. The van der Waals surface area contributed by atoms with Crippen molar-refractivity contribution in [3.8, 4) is 0 Å². The summed E-state index contributed by atoms with van der Waals surface area (Å²) >= 11 is 0. The van der Waals surface area contributed by atoms with Gasteiger partial charge in [-0.05, 0) is 25.7 Å². The molecule has 0 spiro atoms. The smallest absolute Gasteiger partial charge is 0.462 e. The molecule has 3 rings (SSSR count). The molecule has 0 aromatic rings. The van der Waals surface area contributed by atoms with Crippen molar-refractivity contribution in [1.29, 1.82) is 0 Å². The first-order chi connectivity index (χ1) is 48.8. The number of aliphatic hydroxyl groups is 10. The minimum absolute atomic E-state index is 0.0379. The Hall–Kier alpha value is -2.56. The van der Waals surface area contributed by atoms with Crippen molar-refractivity contribution in [1.82, 2.24) is 0 Å². The number of ether oxygens (including phenoxy) is 7. The fraction of sp³-hybridized carbons (Fsp3) is 0.908. The zero-order chi connectivity index (χ0) is 73.9. The van der Waals surface area contributed by atoms with Crippen LogP contribution in [-0.2, 0) is 61.2 Å². The van der Waals surface area contributed by atoms with Crippen molar-refractivity contribution >= 4 is 25.7 Å². The normalized spacial score (nSPS) is 27.3. The van der Waals surface area contributed by atoms with Gasteiger partial charge < -0.3 is 89.1 Å². The van der Waals surface area contributed by atoms with Gasteiger partial charge in [0.05, 0.1) is 13.2 Å². The van der Waals surface area contributed by atoms with E-state index in [1.165, 1.54) is 186 Å². The van der Waals surface area contributed by atoms with E-state index in [0.29, 0.717) is 12.8 Å². The summed E-state index contributed by atoms with van der Waals surface area (Å²) in [4.78, 5) is 51.0. The lowest BCUT2D eigenvalue weighted by Crippen LogP contribution is -2.69. The van der Waals surface area contributed by atoms with Gasteiger partial charge in [-0.25, -0.2) is 9.36 Å². The van der Waals surface area contributed by atoms with Crippen molar-refractivity contribution in [2.45, 2.75) is 414 Å². The van der Waals surface area contributed by atoms with Crippen LogP contribution >= 0.6 is 7.82 Å². The molecule has 0 bridgehead atoms. The zero-order valence-electron chi connectivity index (χ0n) is 61.9. The van der Waals surface area contributed by atoms with E-state index in [0.717, 1.165) is 89.5 Å². The summed E-state index contributed by atoms with van der Waals surface area (Å²) in [5, 5.41) is 110. The van der Waals surface area contributed by atoms with Crippen LogP contribution in [0, 0.1) is 0 Å². The molecule has 2 aliphatic heterocycles. The summed E-state index contributed by atoms with van der Waals surface area (Å²) in [6.07, 6.45) is 20.0. The molecule has 18 atom stereocenters. The molecule has 1 saturated carbocycles. The van der Waals surface area contributed by atoms with E-state index in [4.69, 9.17) is 42.2 Å². The molecule has 24 nitrogen and oxygen atoms in total. The highest BCUT2D eigenvalue weighted by Gasteiger charge is 2.58. The van der Waals surface area contributed by atoms with Crippen molar-refractivity contribution in [2.75, 3.05) is 26.4 Å². The topological polar surface area (TPSA) is 374 Å². The van der Waals surface area contributed by atoms with Gasteiger partial charge >= 0.3 is 25.7 Å². The van der Waals surface area contributed by atoms with Crippen LogP contribution in [0.4, 0.5) is 0 Å². The second-order valence-corrected chi connectivity index (χ2v) is 29.9. The van der Waals surface area contributed by atoms with E-state index in [2.05, 4.69) is 20.8 Å². The lowest BCUT2D eigenvalue weighted by molar-refractivity contribution is -0.360. The molecular weight excluding hydrogens is 1330 g/mol. The van der Waals surface area contributed by atoms with Crippen LogP contribution in [0.25, 0.3) is 0 Å². The molecule has 2 saturated heterocycles. The van der Waals surface area contributed by atoms with E-state index < -0.39 is 156 Å². The van der Waals surface area contributed by atoms with Gasteiger partial charge in [-0.1, -0.05) is 289 Å². The van der Waals surface area contributed by atoms with Gasteiger partial charge in [0.2, 0.25) is 0 Å². The average molecular weight is 1470 g/mol. The Kier molecular flexibility index (Phi) is 52.8. The minimum atomic E-state index is -5.71. The Balaban J connectivity index is 1.73. The summed E-state index contributed by atoms with van der Waals surface area (Å²) in [5.74, 6) is -2.21. The van der Waals surface area contributed by atoms with E-state index in [9.17, 15) is 74.9 Å². The lowest BCUT2D eigenvalue weighted by atomic mass is 9.84. The number of aliphatic hydroxyl groups excluding tert-OH is 10. The largest absolute Gasteiger partial charge is 0.472 e. The van der Waals surface area contributed by atoms with Crippen molar-refractivity contribution < 1.29 is 117 Å². The van der Waals surface area contributed by atoms with Crippen molar-refractivity contribution in [3.63, 3.8) is 0 Å². The van der Waals surface area contributed by atoms with Gasteiger partial charge in [0, 0.05) is 18.9 Å². The number of phosphoric acid groups is 1. The number of rotatable bonds is 62. The van der Waals surface area contributed by atoms with E-state index in [1.54, 1.807) is 6.08 Å². The maximum atomic E-state index is 14.4. The Bertz CT molecular complexity index is 2180. The summed E-state index contributed by atoms with van der Waals surface area (Å²) in [5.41, 5.74) is 0. The molecular formula is C76H139O24P. The first-order valence-electron chi connectivity index (χ1n) is 39.7. The second-order valence-electron chi connectivity index (χ2n) is 28.5. The summed E-state index contributed by atoms with van der Waals surface area (Å²) in [7, 11) is -5.71. The Labute approximate surface area is 605 Å². The van der Waals surface area contributed by atoms with E-state index in [-0.39, 0.29) is 12.8 Å². The summed E-state index contributed by atoms with van der Waals surface area (Å²) in [6, 6.07) is 0. The quantitative estimate of drug-likeness (QED) is 0.00673. The first kappa shape index (κ1) is 92.6. The number of phosphoric ester groups is 1. The molecule has 0 aromatic carbocycles. The van der Waals surface area contributed by atoms with Crippen LogP contribution < -0.4 is 0 Å².